The number of aromatic nitrogens is 5. The van der Waals surface area contributed by atoms with Crippen LogP contribution in [0.2, 0.25) is 0 Å². The van der Waals surface area contributed by atoms with E-state index in [9.17, 15) is 0 Å². The van der Waals surface area contributed by atoms with Crippen LogP contribution in [0.5, 0.6) is 6.01 Å². The molecule has 0 bridgehead atoms. The average molecular weight is 262 g/mol. The summed E-state index contributed by atoms with van der Waals surface area (Å²) in [7, 11) is 1.89. The van der Waals surface area contributed by atoms with Crippen LogP contribution in [0.4, 0.5) is 5.95 Å². The predicted octanol–water partition coefficient (Wildman–Crippen LogP) is 1.49. The van der Waals surface area contributed by atoms with E-state index in [1.165, 1.54) is 0 Å². The molecule has 7 nitrogen and oxygen atoms in total. The quantitative estimate of drug-likeness (QED) is 0.850. The maximum Gasteiger partial charge on any atom is 0.321 e. The number of imidazole rings is 1. The van der Waals surface area contributed by atoms with Gasteiger partial charge in [-0.25, -0.2) is 4.98 Å². The van der Waals surface area contributed by atoms with E-state index >= 15 is 0 Å². The number of rotatable bonds is 6. The van der Waals surface area contributed by atoms with Crippen molar-refractivity contribution < 1.29 is 4.74 Å². The predicted molar refractivity (Wildman–Crippen MR) is 72.0 cm³/mol. The number of ether oxygens (including phenoxy) is 1. The summed E-state index contributed by atoms with van der Waals surface area (Å²) >= 11 is 0. The van der Waals surface area contributed by atoms with Gasteiger partial charge in [0.25, 0.3) is 0 Å². The third-order valence-corrected chi connectivity index (χ3v) is 2.44. The topological polar surface area (TPSA) is 77.8 Å². The zero-order chi connectivity index (χ0) is 13.7. The Balaban J connectivity index is 2.36. The summed E-state index contributed by atoms with van der Waals surface area (Å²) < 4.78 is 7.22. The maximum absolute atomic E-state index is 5.37. The summed E-state index contributed by atoms with van der Waals surface area (Å²) in [5.74, 6) is 1.70. The van der Waals surface area contributed by atoms with Crippen LogP contribution in [0.25, 0.3) is 11.6 Å². The van der Waals surface area contributed by atoms with E-state index in [-0.39, 0.29) is 0 Å². The van der Waals surface area contributed by atoms with Crippen molar-refractivity contribution in [3.63, 3.8) is 0 Å². The summed E-state index contributed by atoms with van der Waals surface area (Å²) in [5.41, 5.74) is 0. The lowest BCUT2D eigenvalue weighted by Crippen LogP contribution is -2.09. The lowest BCUT2D eigenvalue weighted by Gasteiger charge is -2.08. The van der Waals surface area contributed by atoms with E-state index in [1.807, 2.05) is 24.7 Å². The standard InChI is InChI=1S/C12H18N6O/c1-4-6-14-11-15-9(10-13-7-8-18(10)3)16-12(17-11)19-5-2/h7-8H,4-6H2,1-3H3,(H,14,15,16,17). The van der Waals surface area contributed by atoms with Gasteiger partial charge < -0.3 is 14.6 Å². The molecule has 0 aromatic carbocycles. The second kappa shape index (κ2) is 6.12. The van der Waals surface area contributed by atoms with E-state index < -0.39 is 0 Å². The third-order valence-electron chi connectivity index (χ3n) is 2.44. The van der Waals surface area contributed by atoms with Crippen molar-refractivity contribution in [3.8, 4) is 17.7 Å². The van der Waals surface area contributed by atoms with Crippen molar-refractivity contribution >= 4 is 5.95 Å². The van der Waals surface area contributed by atoms with Crippen molar-refractivity contribution in [1.29, 1.82) is 0 Å². The van der Waals surface area contributed by atoms with Crippen LogP contribution in [0, 0.1) is 0 Å². The summed E-state index contributed by atoms with van der Waals surface area (Å²) in [6.45, 7) is 5.29. The Kier molecular flexibility index (Phi) is 4.27. The van der Waals surface area contributed by atoms with Gasteiger partial charge in [-0.3, -0.25) is 0 Å². The smallest absolute Gasteiger partial charge is 0.321 e. The molecule has 0 saturated heterocycles. The summed E-state index contributed by atoms with van der Waals surface area (Å²) in [6, 6.07) is 0.314. The molecule has 102 valence electrons. The Morgan fingerprint density at radius 1 is 1.26 bits per heavy atom. The van der Waals surface area contributed by atoms with Crippen molar-refractivity contribution in [2.45, 2.75) is 20.3 Å². The van der Waals surface area contributed by atoms with Gasteiger partial charge in [0.2, 0.25) is 11.8 Å². The lowest BCUT2D eigenvalue weighted by atomic mass is 10.5. The highest BCUT2D eigenvalue weighted by Gasteiger charge is 2.12. The van der Waals surface area contributed by atoms with E-state index in [4.69, 9.17) is 4.74 Å². The Bertz CT molecular complexity index is 539. The molecule has 0 fully saturated rings. The molecular weight excluding hydrogens is 244 g/mol. The van der Waals surface area contributed by atoms with E-state index in [2.05, 4.69) is 32.2 Å². The van der Waals surface area contributed by atoms with Crippen molar-refractivity contribution in [2.75, 3.05) is 18.5 Å². The van der Waals surface area contributed by atoms with Gasteiger partial charge in [-0.05, 0) is 13.3 Å². The van der Waals surface area contributed by atoms with Gasteiger partial charge in [-0.15, -0.1) is 0 Å². The second-order valence-electron chi connectivity index (χ2n) is 3.99. The first-order valence-corrected chi connectivity index (χ1v) is 6.35. The Labute approximate surface area is 112 Å². The first-order chi connectivity index (χ1) is 9.24. The fourth-order valence-electron chi connectivity index (χ4n) is 1.55. The van der Waals surface area contributed by atoms with Gasteiger partial charge in [-0.1, -0.05) is 6.92 Å². The monoisotopic (exact) mass is 262 g/mol. The molecule has 2 aromatic heterocycles. The summed E-state index contributed by atoms with van der Waals surface area (Å²) in [4.78, 5) is 17.1. The Morgan fingerprint density at radius 3 is 2.74 bits per heavy atom. The molecule has 2 rings (SSSR count). The van der Waals surface area contributed by atoms with Crippen LogP contribution in [0.15, 0.2) is 12.4 Å². The highest BCUT2D eigenvalue weighted by atomic mass is 16.5. The largest absolute Gasteiger partial charge is 0.464 e. The number of nitrogens with zero attached hydrogens (tertiary/aromatic N) is 5. The van der Waals surface area contributed by atoms with Gasteiger partial charge in [0.05, 0.1) is 6.61 Å². The normalized spacial score (nSPS) is 10.5. The third kappa shape index (κ3) is 3.18. The fraction of sp³-hybridized carbons (Fsp3) is 0.500. The molecule has 0 aliphatic heterocycles. The Hall–Kier alpha value is -2.18. The average Bonchev–Trinajstić information content (AvgIpc) is 2.83. The summed E-state index contributed by atoms with van der Waals surface area (Å²) in [6.07, 6.45) is 4.55. The van der Waals surface area contributed by atoms with Gasteiger partial charge in [-0.2, -0.15) is 15.0 Å². The molecule has 0 aliphatic rings. The molecule has 2 aromatic rings. The molecular formula is C12H18N6O. The first kappa shape index (κ1) is 13.3. The highest BCUT2D eigenvalue weighted by Crippen LogP contribution is 2.16. The SMILES string of the molecule is CCCNc1nc(OCC)nc(-c2nccn2C)n1. The van der Waals surface area contributed by atoms with Crippen LogP contribution in [-0.4, -0.2) is 37.7 Å². The zero-order valence-electron chi connectivity index (χ0n) is 11.4. The van der Waals surface area contributed by atoms with Gasteiger partial charge in [0, 0.05) is 26.0 Å². The zero-order valence-corrected chi connectivity index (χ0v) is 11.4. The highest BCUT2D eigenvalue weighted by molar-refractivity contribution is 5.47. The number of hydrogen-bond donors (Lipinski definition) is 1. The molecule has 0 saturated carbocycles. The van der Waals surface area contributed by atoms with Crippen LogP contribution in [0.1, 0.15) is 20.3 Å². The molecule has 0 radical (unpaired) electrons. The maximum atomic E-state index is 5.37. The van der Waals surface area contributed by atoms with Crippen LogP contribution in [0.3, 0.4) is 0 Å². The minimum absolute atomic E-state index is 0.314. The number of anilines is 1. The fourth-order valence-corrected chi connectivity index (χ4v) is 1.55. The number of hydrogen-bond acceptors (Lipinski definition) is 6. The van der Waals surface area contributed by atoms with E-state index in [0.717, 1.165) is 13.0 Å². The molecule has 0 amide bonds. The van der Waals surface area contributed by atoms with Gasteiger partial charge in [0.1, 0.15) is 0 Å². The minimum Gasteiger partial charge on any atom is -0.464 e. The lowest BCUT2D eigenvalue weighted by molar-refractivity contribution is 0.312. The van der Waals surface area contributed by atoms with Crippen LogP contribution in [-0.2, 0) is 7.05 Å². The van der Waals surface area contributed by atoms with Crippen molar-refractivity contribution in [1.82, 2.24) is 24.5 Å². The van der Waals surface area contributed by atoms with Gasteiger partial charge >= 0.3 is 6.01 Å². The molecule has 2 heterocycles. The van der Waals surface area contributed by atoms with Gasteiger partial charge in [0.15, 0.2) is 5.82 Å². The summed E-state index contributed by atoms with van der Waals surface area (Å²) in [5, 5.41) is 3.14. The molecule has 0 spiro atoms. The molecule has 0 unspecified atom stereocenters. The van der Waals surface area contributed by atoms with Crippen LogP contribution < -0.4 is 10.1 Å². The van der Waals surface area contributed by atoms with E-state index in [1.54, 1.807) is 6.20 Å². The van der Waals surface area contributed by atoms with Crippen molar-refractivity contribution in [2.24, 2.45) is 7.05 Å². The molecule has 1 N–H and O–H groups in total. The first-order valence-electron chi connectivity index (χ1n) is 6.35. The molecule has 7 heteroatoms. The molecule has 0 atom stereocenters. The molecule has 19 heavy (non-hydrogen) atoms. The number of aryl methyl sites for hydroxylation is 1. The Morgan fingerprint density at radius 2 is 2.11 bits per heavy atom. The van der Waals surface area contributed by atoms with Crippen LogP contribution >= 0.6 is 0 Å². The number of nitrogens with one attached hydrogen (secondary N) is 1. The minimum atomic E-state index is 0.314. The van der Waals surface area contributed by atoms with Crippen molar-refractivity contribution in [3.05, 3.63) is 12.4 Å². The second-order valence-corrected chi connectivity index (χ2v) is 3.99. The van der Waals surface area contributed by atoms with E-state index in [0.29, 0.717) is 30.2 Å². The molecule has 0 aliphatic carbocycles.